The van der Waals surface area contributed by atoms with Gasteiger partial charge in [-0.15, -0.1) is 0 Å². The molecule has 0 aliphatic heterocycles. The zero-order valence-corrected chi connectivity index (χ0v) is 5.76. The van der Waals surface area contributed by atoms with Crippen molar-refractivity contribution in [2.24, 2.45) is 5.73 Å². The molecule has 0 aromatic heterocycles. The van der Waals surface area contributed by atoms with E-state index in [9.17, 15) is 0 Å². The van der Waals surface area contributed by atoms with Crippen molar-refractivity contribution in [2.75, 3.05) is 7.05 Å². The minimum atomic E-state index is 0.537. The highest BCUT2D eigenvalue weighted by Gasteiger charge is 1.92. The minimum Gasteiger partial charge on any atom is -0.403 e. The summed E-state index contributed by atoms with van der Waals surface area (Å²) in [6, 6.07) is 0.537. The summed E-state index contributed by atoms with van der Waals surface area (Å²) >= 11 is 0. The summed E-state index contributed by atoms with van der Waals surface area (Å²) < 4.78 is 0. The molecule has 8 heavy (non-hydrogen) atoms. The fourth-order valence-electron chi connectivity index (χ4n) is 0.308. The Kier molecular flexibility index (Phi) is 3.08. The van der Waals surface area contributed by atoms with E-state index in [0.717, 1.165) is 0 Å². The van der Waals surface area contributed by atoms with E-state index in [1.807, 2.05) is 18.1 Å². The topological polar surface area (TPSA) is 29.3 Å². The second-order valence-corrected chi connectivity index (χ2v) is 2.10. The fourth-order valence-corrected chi connectivity index (χ4v) is 0.308. The molecule has 0 saturated carbocycles. The van der Waals surface area contributed by atoms with Crippen LogP contribution >= 0.6 is 0 Å². The number of nitrogens with two attached hydrogens (primary N) is 1. The molecule has 0 bridgehead atoms. The Bertz CT molecular complexity index is 76.6. The Hall–Kier alpha value is -0.660. The molecule has 0 heterocycles. The van der Waals surface area contributed by atoms with Crippen LogP contribution in [0.2, 0.25) is 0 Å². The molecule has 0 aliphatic carbocycles. The van der Waals surface area contributed by atoms with Gasteiger partial charge in [-0.2, -0.15) is 0 Å². The van der Waals surface area contributed by atoms with Crippen LogP contribution in [-0.4, -0.2) is 18.0 Å². The monoisotopic (exact) mass is 114 g/mol. The van der Waals surface area contributed by atoms with Gasteiger partial charge in [-0.25, -0.2) is 0 Å². The van der Waals surface area contributed by atoms with Gasteiger partial charge in [-0.1, -0.05) is 0 Å². The van der Waals surface area contributed by atoms with E-state index in [0.29, 0.717) is 6.04 Å². The maximum Gasteiger partial charge on any atom is 0.0225 e. The second kappa shape index (κ2) is 3.36. The first-order valence-corrected chi connectivity index (χ1v) is 2.78. The third-order valence-corrected chi connectivity index (χ3v) is 1.14. The molecule has 0 unspecified atom stereocenters. The van der Waals surface area contributed by atoms with Crippen molar-refractivity contribution in [2.45, 2.75) is 19.9 Å². The summed E-state index contributed by atoms with van der Waals surface area (Å²) in [4.78, 5) is 2.04. The third-order valence-electron chi connectivity index (χ3n) is 1.14. The largest absolute Gasteiger partial charge is 0.403 e. The molecule has 48 valence electrons. The Morgan fingerprint density at radius 2 is 2.00 bits per heavy atom. The molecule has 0 aliphatic rings. The molecule has 0 amide bonds. The van der Waals surface area contributed by atoms with E-state index in [1.165, 1.54) is 0 Å². The zero-order chi connectivity index (χ0) is 6.57. The van der Waals surface area contributed by atoms with E-state index in [2.05, 4.69) is 13.8 Å². The lowest BCUT2D eigenvalue weighted by atomic mass is 10.4. The smallest absolute Gasteiger partial charge is 0.0225 e. The Morgan fingerprint density at radius 3 is 2.12 bits per heavy atom. The molecule has 0 fully saturated rings. The molecular weight excluding hydrogens is 100 g/mol. The normalized spacial score (nSPS) is 11.0. The fraction of sp³-hybridized carbons (Fsp3) is 0.667. The van der Waals surface area contributed by atoms with Crippen LogP contribution in [0, 0.1) is 0 Å². The predicted octanol–water partition coefficient (Wildman–Crippen LogP) is 0.756. The second-order valence-electron chi connectivity index (χ2n) is 2.10. The van der Waals surface area contributed by atoms with Crippen molar-refractivity contribution in [3.63, 3.8) is 0 Å². The Morgan fingerprint density at radius 1 is 1.50 bits per heavy atom. The summed E-state index contributed by atoms with van der Waals surface area (Å²) in [5.74, 6) is 0. The van der Waals surface area contributed by atoms with Gasteiger partial charge in [0, 0.05) is 25.5 Å². The lowest BCUT2D eigenvalue weighted by molar-refractivity contribution is 0.375. The van der Waals surface area contributed by atoms with Gasteiger partial charge < -0.3 is 10.6 Å². The lowest BCUT2D eigenvalue weighted by Gasteiger charge is -2.17. The van der Waals surface area contributed by atoms with Crippen LogP contribution in [0.15, 0.2) is 12.4 Å². The molecule has 2 nitrogen and oxygen atoms in total. The molecule has 2 N–H and O–H groups in total. The van der Waals surface area contributed by atoms with Crippen LogP contribution in [0.25, 0.3) is 0 Å². The van der Waals surface area contributed by atoms with Crippen LogP contribution in [0.1, 0.15) is 13.8 Å². The van der Waals surface area contributed by atoms with E-state index in [1.54, 1.807) is 6.20 Å². The molecule has 0 spiro atoms. The average molecular weight is 114 g/mol. The Labute approximate surface area is 51.0 Å². The molecule has 0 radical (unpaired) electrons. The molecular formula is C6H14N2. The molecule has 0 aromatic carbocycles. The molecule has 2 heteroatoms. The summed E-state index contributed by atoms with van der Waals surface area (Å²) in [7, 11) is 1.99. The van der Waals surface area contributed by atoms with Gasteiger partial charge in [0.1, 0.15) is 0 Å². The van der Waals surface area contributed by atoms with Gasteiger partial charge in [-0.3, -0.25) is 0 Å². The first kappa shape index (κ1) is 7.34. The van der Waals surface area contributed by atoms with E-state index < -0.39 is 0 Å². The third kappa shape index (κ3) is 2.50. The summed E-state index contributed by atoms with van der Waals surface area (Å²) in [6.45, 7) is 4.22. The van der Waals surface area contributed by atoms with Gasteiger partial charge in [-0.05, 0) is 13.8 Å². The maximum atomic E-state index is 5.14. The van der Waals surface area contributed by atoms with Gasteiger partial charge >= 0.3 is 0 Å². The van der Waals surface area contributed by atoms with Crippen molar-refractivity contribution in [3.8, 4) is 0 Å². The Balaban J connectivity index is 3.47. The van der Waals surface area contributed by atoms with Crippen LogP contribution < -0.4 is 5.73 Å². The standard InChI is InChI=1S/C6H14N2/c1-6(2)8(3)5-4-7/h4-6H,7H2,1-3H3/b5-4-. The highest BCUT2D eigenvalue weighted by molar-refractivity contribution is 4.76. The van der Waals surface area contributed by atoms with Gasteiger partial charge in [0.2, 0.25) is 0 Å². The molecule has 0 rings (SSSR count). The number of nitrogens with zero attached hydrogens (tertiary/aromatic N) is 1. The highest BCUT2D eigenvalue weighted by Crippen LogP contribution is 1.91. The predicted molar refractivity (Wildman–Crippen MR) is 36.2 cm³/mol. The van der Waals surface area contributed by atoms with Crippen LogP contribution in [0.5, 0.6) is 0 Å². The van der Waals surface area contributed by atoms with Crippen molar-refractivity contribution in [3.05, 3.63) is 12.4 Å². The minimum absolute atomic E-state index is 0.537. The van der Waals surface area contributed by atoms with E-state index in [4.69, 9.17) is 5.73 Å². The highest BCUT2D eigenvalue weighted by atomic mass is 15.1. The number of hydrogen-bond donors (Lipinski definition) is 1. The van der Waals surface area contributed by atoms with E-state index >= 15 is 0 Å². The van der Waals surface area contributed by atoms with Crippen LogP contribution in [-0.2, 0) is 0 Å². The quantitative estimate of drug-likeness (QED) is 0.574. The van der Waals surface area contributed by atoms with Gasteiger partial charge in [0.15, 0.2) is 0 Å². The molecule has 0 saturated heterocycles. The van der Waals surface area contributed by atoms with Gasteiger partial charge in [0.25, 0.3) is 0 Å². The number of hydrogen-bond acceptors (Lipinski definition) is 2. The molecule has 0 atom stereocenters. The van der Waals surface area contributed by atoms with Gasteiger partial charge in [0.05, 0.1) is 0 Å². The first-order chi connectivity index (χ1) is 3.68. The van der Waals surface area contributed by atoms with E-state index in [-0.39, 0.29) is 0 Å². The summed E-state index contributed by atoms with van der Waals surface area (Å²) in [6.07, 6.45) is 3.39. The lowest BCUT2D eigenvalue weighted by Crippen LogP contribution is -2.20. The molecule has 0 aromatic rings. The zero-order valence-electron chi connectivity index (χ0n) is 5.76. The SMILES string of the molecule is CC(C)N(C)/C=C\N. The maximum absolute atomic E-state index is 5.14. The number of rotatable bonds is 2. The van der Waals surface area contributed by atoms with Crippen LogP contribution in [0.4, 0.5) is 0 Å². The summed E-state index contributed by atoms with van der Waals surface area (Å²) in [5, 5.41) is 0. The van der Waals surface area contributed by atoms with Crippen molar-refractivity contribution >= 4 is 0 Å². The average Bonchev–Trinajstić information content (AvgIpc) is 1.67. The van der Waals surface area contributed by atoms with Crippen molar-refractivity contribution < 1.29 is 0 Å². The summed E-state index contributed by atoms with van der Waals surface area (Å²) in [5.41, 5.74) is 5.14. The first-order valence-electron chi connectivity index (χ1n) is 2.78. The van der Waals surface area contributed by atoms with Crippen molar-refractivity contribution in [1.29, 1.82) is 0 Å². The van der Waals surface area contributed by atoms with Crippen molar-refractivity contribution in [1.82, 2.24) is 4.90 Å². The van der Waals surface area contributed by atoms with Crippen LogP contribution in [0.3, 0.4) is 0 Å².